The molecule has 1 unspecified atom stereocenters. The number of pyridine rings is 1. The van der Waals surface area contributed by atoms with Gasteiger partial charge in [-0.25, -0.2) is 9.67 Å². The van der Waals surface area contributed by atoms with Crippen LogP contribution in [0.1, 0.15) is 24.4 Å². The predicted octanol–water partition coefficient (Wildman–Crippen LogP) is 2.41. The third-order valence-electron chi connectivity index (χ3n) is 4.78. The second-order valence-corrected chi connectivity index (χ2v) is 7.07. The van der Waals surface area contributed by atoms with Gasteiger partial charge in [-0.05, 0) is 31.2 Å². The molecule has 0 aliphatic heterocycles. The second-order valence-electron chi connectivity index (χ2n) is 7.07. The molecule has 1 aromatic carbocycles. The van der Waals surface area contributed by atoms with Crippen molar-refractivity contribution in [2.24, 2.45) is 5.73 Å². The number of methoxy groups -OCH3 is 1. The van der Waals surface area contributed by atoms with Crippen LogP contribution in [0.25, 0.3) is 28.0 Å². The first-order chi connectivity index (χ1) is 15.1. The molecule has 9 heteroatoms. The number of fused-ring (bicyclic) bond motifs is 1. The van der Waals surface area contributed by atoms with Crippen molar-refractivity contribution in [3.05, 3.63) is 60.3 Å². The lowest BCUT2D eigenvalue weighted by atomic mass is 10.1. The van der Waals surface area contributed by atoms with Crippen molar-refractivity contribution in [3.63, 3.8) is 0 Å². The fourth-order valence-electron chi connectivity index (χ4n) is 3.22. The van der Waals surface area contributed by atoms with Crippen LogP contribution in [0, 0.1) is 0 Å². The molecular weight excluding hydrogens is 396 g/mol. The van der Waals surface area contributed by atoms with E-state index in [9.17, 15) is 5.11 Å². The summed E-state index contributed by atoms with van der Waals surface area (Å²) in [5, 5.41) is 14.7. The topological polar surface area (TPSA) is 121 Å². The van der Waals surface area contributed by atoms with Crippen molar-refractivity contribution in [2.75, 3.05) is 20.3 Å². The van der Waals surface area contributed by atoms with Gasteiger partial charge in [0.25, 0.3) is 0 Å². The molecule has 1 atom stereocenters. The molecule has 0 aliphatic rings. The van der Waals surface area contributed by atoms with Gasteiger partial charge in [0.15, 0.2) is 5.82 Å². The van der Waals surface area contributed by atoms with Gasteiger partial charge in [-0.15, -0.1) is 0 Å². The second kappa shape index (κ2) is 9.17. The first-order valence-electron chi connectivity index (χ1n) is 9.89. The maximum atomic E-state index is 9.42. The Kier molecular flexibility index (Phi) is 6.17. The van der Waals surface area contributed by atoms with Crippen molar-refractivity contribution in [1.29, 1.82) is 0 Å². The minimum Gasteiger partial charge on any atom is -0.490 e. The average molecular weight is 420 g/mol. The van der Waals surface area contributed by atoms with Gasteiger partial charge in [0.2, 0.25) is 0 Å². The quantitative estimate of drug-likeness (QED) is 0.417. The number of aliphatic hydroxyl groups is 1. The molecule has 0 spiro atoms. The number of hydrogen-bond acceptors (Lipinski definition) is 8. The molecule has 4 aromatic rings. The molecule has 160 valence electrons. The highest BCUT2D eigenvalue weighted by molar-refractivity contribution is 5.90. The van der Waals surface area contributed by atoms with E-state index in [1.54, 1.807) is 24.2 Å². The van der Waals surface area contributed by atoms with Gasteiger partial charge in [0.1, 0.15) is 12.4 Å². The Bertz CT molecular complexity index is 1190. The maximum absolute atomic E-state index is 9.42. The van der Waals surface area contributed by atoms with Crippen LogP contribution >= 0.6 is 0 Å². The molecule has 0 saturated heterocycles. The highest BCUT2D eigenvalue weighted by Crippen LogP contribution is 2.33. The lowest BCUT2D eigenvalue weighted by Crippen LogP contribution is -2.08. The highest BCUT2D eigenvalue weighted by atomic mass is 16.5. The van der Waals surface area contributed by atoms with Crippen LogP contribution < -0.4 is 10.5 Å². The van der Waals surface area contributed by atoms with E-state index in [0.717, 1.165) is 27.9 Å². The maximum Gasteiger partial charge on any atom is 0.172 e. The van der Waals surface area contributed by atoms with E-state index >= 15 is 0 Å². The van der Waals surface area contributed by atoms with Crippen molar-refractivity contribution >= 4 is 10.9 Å². The number of rotatable bonds is 8. The van der Waals surface area contributed by atoms with E-state index in [-0.39, 0.29) is 12.6 Å². The normalized spacial score (nSPS) is 12.3. The largest absolute Gasteiger partial charge is 0.490 e. The summed E-state index contributed by atoms with van der Waals surface area (Å²) in [6, 6.07) is 9.51. The molecule has 3 heterocycles. The molecule has 0 bridgehead atoms. The number of aliphatic hydroxyl groups excluding tert-OH is 1. The zero-order valence-electron chi connectivity index (χ0n) is 17.4. The van der Waals surface area contributed by atoms with Crippen LogP contribution in [0.3, 0.4) is 0 Å². The molecule has 0 radical (unpaired) electrons. The molecule has 9 nitrogen and oxygen atoms in total. The molecule has 31 heavy (non-hydrogen) atoms. The lowest BCUT2D eigenvalue weighted by Gasteiger charge is -2.12. The standard InChI is InChI=1S/C22H24N6O3/c1-14(23)18-4-3-5-19(27-18)15-8-20-17(21(9-15)31-7-6-30-2)11-25-28(20)22-12-24-10-16(13-29)26-22/h3-5,8-12,14,29H,6-7,13,23H2,1-2H3. The van der Waals surface area contributed by atoms with Crippen molar-refractivity contribution in [3.8, 4) is 22.8 Å². The number of benzene rings is 1. The van der Waals surface area contributed by atoms with Crippen LogP contribution in [-0.2, 0) is 11.3 Å². The summed E-state index contributed by atoms with van der Waals surface area (Å²) < 4.78 is 12.8. The summed E-state index contributed by atoms with van der Waals surface area (Å²) in [6.07, 6.45) is 4.84. The van der Waals surface area contributed by atoms with Gasteiger partial charge in [-0.3, -0.25) is 9.97 Å². The lowest BCUT2D eigenvalue weighted by molar-refractivity contribution is 0.147. The van der Waals surface area contributed by atoms with Crippen LogP contribution in [0.15, 0.2) is 48.9 Å². The Labute approximate surface area is 179 Å². The van der Waals surface area contributed by atoms with Crippen LogP contribution in [-0.4, -0.2) is 50.2 Å². The van der Waals surface area contributed by atoms with E-state index in [1.807, 2.05) is 37.3 Å². The molecule has 3 aromatic heterocycles. The fourth-order valence-corrected chi connectivity index (χ4v) is 3.22. The molecular formula is C22H24N6O3. The number of aromatic nitrogens is 5. The Morgan fingerprint density at radius 2 is 2.00 bits per heavy atom. The SMILES string of the molecule is COCCOc1cc(-c2cccc(C(C)N)n2)cc2c1cnn2-c1cncc(CO)n1. The summed E-state index contributed by atoms with van der Waals surface area (Å²) in [7, 11) is 1.63. The monoisotopic (exact) mass is 420 g/mol. The summed E-state index contributed by atoms with van der Waals surface area (Å²) >= 11 is 0. The number of nitrogens with two attached hydrogens (primary N) is 1. The molecule has 3 N–H and O–H groups in total. The van der Waals surface area contributed by atoms with E-state index in [2.05, 4.69) is 15.1 Å². The van der Waals surface area contributed by atoms with E-state index < -0.39 is 0 Å². The van der Waals surface area contributed by atoms with Crippen molar-refractivity contribution in [2.45, 2.75) is 19.6 Å². The molecule has 0 fully saturated rings. The Hall–Kier alpha value is -3.40. The van der Waals surface area contributed by atoms with Crippen LogP contribution in [0.5, 0.6) is 5.75 Å². The molecule has 0 aliphatic carbocycles. The zero-order chi connectivity index (χ0) is 21.8. The van der Waals surface area contributed by atoms with Gasteiger partial charge < -0.3 is 20.3 Å². The Morgan fingerprint density at radius 1 is 1.13 bits per heavy atom. The average Bonchev–Trinajstić information content (AvgIpc) is 3.23. The van der Waals surface area contributed by atoms with E-state index in [0.29, 0.717) is 30.5 Å². The number of ether oxygens (including phenoxy) is 2. The fraction of sp³-hybridized carbons (Fsp3) is 0.273. The summed E-state index contributed by atoms with van der Waals surface area (Å²) in [5.74, 6) is 1.16. The first kappa shape index (κ1) is 20.9. The Morgan fingerprint density at radius 3 is 2.77 bits per heavy atom. The predicted molar refractivity (Wildman–Crippen MR) is 116 cm³/mol. The van der Waals surface area contributed by atoms with Gasteiger partial charge in [-0.2, -0.15) is 5.10 Å². The molecule has 4 rings (SSSR count). The summed E-state index contributed by atoms with van der Waals surface area (Å²) in [6.45, 7) is 2.55. The third-order valence-corrected chi connectivity index (χ3v) is 4.78. The van der Waals surface area contributed by atoms with Gasteiger partial charge >= 0.3 is 0 Å². The van der Waals surface area contributed by atoms with Gasteiger partial charge in [-0.1, -0.05) is 6.07 Å². The summed E-state index contributed by atoms with van der Waals surface area (Å²) in [4.78, 5) is 13.3. The van der Waals surface area contributed by atoms with E-state index in [1.165, 1.54) is 6.20 Å². The Balaban J connectivity index is 1.87. The zero-order valence-corrected chi connectivity index (χ0v) is 17.4. The third kappa shape index (κ3) is 4.38. The number of nitrogens with zero attached hydrogens (tertiary/aromatic N) is 5. The highest BCUT2D eigenvalue weighted by Gasteiger charge is 2.15. The van der Waals surface area contributed by atoms with Crippen molar-refractivity contribution in [1.82, 2.24) is 24.7 Å². The van der Waals surface area contributed by atoms with E-state index in [4.69, 9.17) is 20.2 Å². The molecule has 0 amide bonds. The minimum absolute atomic E-state index is 0.178. The van der Waals surface area contributed by atoms with Crippen LogP contribution in [0.4, 0.5) is 0 Å². The summed E-state index contributed by atoms with van der Waals surface area (Å²) in [5.41, 5.74) is 9.69. The number of hydrogen-bond donors (Lipinski definition) is 2. The van der Waals surface area contributed by atoms with Crippen LogP contribution in [0.2, 0.25) is 0 Å². The minimum atomic E-state index is -0.204. The smallest absolute Gasteiger partial charge is 0.172 e. The molecule has 0 saturated carbocycles. The van der Waals surface area contributed by atoms with Gasteiger partial charge in [0.05, 0.1) is 59.8 Å². The van der Waals surface area contributed by atoms with Gasteiger partial charge in [0, 0.05) is 18.7 Å². The first-order valence-corrected chi connectivity index (χ1v) is 9.89. The van der Waals surface area contributed by atoms with Crippen molar-refractivity contribution < 1.29 is 14.6 Å².